The molecule has 2 rings (SSSR count). The third kappa shape index (κ3) is 3.05. The zero-order valence-corrected chi connectivity index (χ0v) is 13.2. The van der Waals surface area contributed by atoms with Crippen LogP contribution in [0.25, 0.3) is 0 Å². The highest BCUT2D eigenvalue weighted by molar-refractivity contribution is 7.89. The molecule has 112 valence electrons. The molecule has 2 unspecified atom stereocenters. The van der Waals surface area contributed by atoms with Gasteiger partial charge in [-0.15, -0.1) is 0 Å². The van der Waals surface area contributed by atoms with E-state index >= 15 is 0 Å². The molecule has 2 atom stereocenters. The summed E-state index contributed by atoms with van der Waals surface area (Å²) in [5.74, 6) is 0.510. The van der Waals surface area contributed by atoms with Gasteiger partial charge in [-0.05, 0) is 49.8 Å². The maximum Gasteiger partial charge on any atom is 0.243 e. The van der Waals surface area contributed by atoms with Gasteiger partial charge in [-0.25, -0.2) is 8.42 Å². The van der Waals surface area contributed by atoms with E-state index in [9.17, 15) is 8.42 Å². The quantitative estimate of drug-likeness (QED) is 0.877. The van der Waals surface area contributed by atoms with Crippen molar-refractivity contribution in [2.24, 2.45) is 11.7 Å². The Morgan fingerprint density at radius 3 is 2.60 bits per heavy atom. The summed E-state index contributed by atoms with van der Waals surface area (Å²) in [6.45, 7) is 3.98. The van der Waals surface area contributed by atoms with Crippen molar-refractivity contribution in [3.05, 3.63) is 29.8 Å². The lowest BCUT2D eigenvalue weighted by molar-refractivity contribution is 0.357. The summed E-state index contributed by atoms with van der Waals surface area (Å²) in [6.07, 6.45) is 3.04. The van der Waals surface area contributed by atoms with E-state index in [-0.39, 0.29) is 12.1 Å². The molecular weight excluding hydrogens is 272 g/mol. The Morgan fingerprint density at radius 2 is 2.05 bits per heavy atom. The van der Waals surface area contributed by atoms with Crippen LogP contribution in [0.3, 0.4) is 0 Å². The molecule has 1 aliphatic rings. The van der Waals surface area contributed by atoms with E-state index in [1.54, 1.807) is 25.2 Å². The number of benzene rings is 1. The Morgan fingerprint density at radius 1 is 1.40 bits per heavy atom. The summed E-state index contributed by atoms with van der Waals surface area (Å²) in [5, 5.41) is 0. The molecule has 5 heteroatoms. The monoisotopic (exact) mass is 296 g/mol. The first-order valence-electron chi connectivity index (χ1n) is 7.21. The highest BCUT2D eigenvalue weighted by Gasteiger charge is 2.36. The molecule has 0 radical (unpaired) electrons. The number of nitrogens with two attached hydrogens (primary N) is 1. The Bertz CT molecular complexity index is 567. The van der Waals surface area contributed by atoms with Gasteiger partial charge in [0.05, 0.1) is 4.90 Å². The van der Waals surface area contributed by atoms with Crippen molar-refractivity contribution < 1.29 is 8.42 Å². The van der Waals surface area contributed by atoms with Crippen LogP contribution in [0.15, 0.2) is 29.2 Å². The van der Waals surface area contributed by atoms with Crippen molar-refractivity contribution in [1.29, 1.82) is 0 Å². The molecule has 0 amide bonds. The minimum Gasteiger partial charge on any atom is -0.324 e. The van der Waals surface area contributed by atoms with Crippen LogP contribution in [-0.4, -0.2) is 25.8 Å². The molecule has 20 heavy (non-hydrogen) atoms. The van der Waals surface area contributed by atoms with E-state index in [1.807, 2.05) is 19.9 Å². The van der Waals surface area contributed by atoms with Crippen LogP contribution in [0.5, 0.6) is 0 Å². The molecule has 1 fully saturated rings. The highest BCUT2D eigenvalue weighted by atomic mass is 32.2. The average Bonchev–Trinajstić information content (AvgIpc) is 3.29. The van der Waals surface area contributed by atoms with Crippen molar-refractivity contribution in [1.82, 2.24) is 4.31 Å². The van der Waals surface area contributed by atoms with Gasteiger partial charge in [0.2, 0.25) is 10.0 Å². The Labute approximate surface area is 122 Å². The van der Waals surface area contributed by atoms with Gasteiger partial charge in [0.15, 0.2) is 0 Å². The normalized spacial score (nSPS) is 19.1. The molecule has 1 aromatic rings. The topological polar surface area (TPSA) is 63.4 Å². The first-order chi connectivity index (χ1) is 9.37. The third-order valence-electron chi connectivity index (χ3n) is 4.28. The molecule has 0 bridgehead atoms. The minimum absolute atomic E-state index is 0.0588. The second-order valence-electron chi connectivity index (χ2n) is 5.69. The second-order valence-corrected chi connectivity index (χ2v) is 7.68. The molecule has 1 aliphatic carbocycles. The van der Waals surface area contributed by atoms with Crippen LogP contribution >= 0.6 is 0 Å². The fourth-order valence-electron chi connectivity index (χ4n) is 2.40. The number of hydrogen-bond acceptors (Lipinski definition) is 3. The number of rotatable bonds is 6. The second kappa shape index (κ2) is 5.84. The number of hydrogen-bond donors (Lipinski definition) is 1. The summed E-state index contributed by atoms with van der Waals surface area (Å²) in [5.41, 5.74) is 6.87. The van der Waals surface area contributed by atoms with Gasteiger partial charge >= 0.3 is 0 Å². The van der Waals surface area contributed by atoms with Crippen molar-refractivity contribution in [3.63, 3.8) is 0 Å². The fourth-order valence-corrected chi connectivity index (χ4v) is 3.88. The Kier molecular flexibility index (Phi) is 4.52. The van der Waals surface area contributed by atoms with Crippen LogP contribution in [0.4, 0.5) is 0 Å². The predicted octanol–water partition coefficient (Wildman–Crippen LogP) is 2.52. The molecule has 2 N–H and O–H groups in total. The van der Waals surface area contributed by atoms with Crippen LogP contribution in [0, 0.1) is 5.92 Å². The van der Waals surface area contributed by atoms with E-state index in [0.717, 1.165) is 24.8 Å². The fraction of sp³-hybridized carbons (Fsp3) is 0.600. The SMILES string of the molecule is CCC(N)c1cccc(S(=O)(=O)N(C)C(C)C2CC2)c1. The van der Waals surface area contributed by atoms with E-state index in [4.69, 9.17) is 5.73 Å². The first-order valence-corrected chi connectivity index (χ1v) is 8.65. The van der Waals surface area contributed by atoms with E-state index in [1.165, 1.54) is 4.31 Å². The van der Waals surface area contributed by atoms with Crippen LogP contribution in [-0.2, 0) is 10.0 Å². The predicted molar refractivity (Wildman–Crippen MR) is 80.8 cm³/mol. The molecule has 0 aliphatic heterocycles. The highest BCUT2D eigenvalue weighted by Crippen LogP contribution is 2.36. The van der Waals surface area contributed by atoms with Crippen molar-refractivity contribution >= 4 is 10.0 Å². The zero-order valence-electron chi connectivity index (χ0n) is 12.4. The number of sulfonamides is 1. The van der Waals surface area contributed by atoms with Gasteiger partial charge in [0.25, 0.3) is 0 Å². The Hall–Kier alpha value is -0.910. The zero-order chi connectivity index (χ0) is 14.9. The van der Waals surface area contributed by atoms with Crippen molar-refractivity contribution in [2.45, 2.75) is 50.1 Å². The third-order valence-corrected chi connectivity index (χ3v) is 6.22. The Balaban J connectivity index is 2.28. The molecule has 0 saturated heterocycles. The summed E-state index contributed by atoms with van der Waals surface area (Å²) >= 11 is 0. The van der Waals surface area contributed by atoms with Gasteiger partial charge in [0.1, 0.15) is 0 Å². The molecule has 1 saturated carbocycles. The standard InChI is InChI=1S/C15H24N2O2S/c1-4-15(16)13-6-5-7-14(10-13)20(18,19)17(3)11(2)12-8-9-12/h5-7,10-12,15H,4,8-9,16H2,1-3H3. The lowest BCUT2D eigenvalue weighted by atomic mass is 10.1. The van der Waals surface area contributed by atoms with Gasteiger partial charge in [0, 0.05) is 19.1 Å². The average molecular weight is 296 g/mol. The maximum absolute atomic E-state index is 12.7. The summed E-state index contributed by atoms with van der Waals surface area (Å²) in [4.78, 5) is 0.342. The largest absolute Gasteiger partial charge is 0.324 e. The van der Waals surface area contributed by atoms with Gasteiger partial charge < -0.3 is 5.73 Å². The molecular formula is C15H24N2O2S. The molecule has 4 nitrogen and oxygen atoms in total. The lowest BCUT2D eigenvalue weighted by Crippen LogP contribution is -2.36. The molecule has 1 aromatic carbocycles. The molecule has 0 aromatic heterocycles. The van der Waals surface area contributed by atoms with E-state index in [0.29, 0.717) is 10.8 Å². The summed E-state index contributed by atoms with van der Waals surface area (Å²) < 4.78 is 26.8. The lowest BCUT2D eigenvalue weighted by Gasteiger charge is -2.24. The number of nitrogens with zero attached hydrogens (tertiary/aromatic N) is 1. The van der Waals surface area contributed by atoms with Crippen LogP contribution in [0.1, 0.15) is 44.7 Å². The van der Waals surface area contributed by atoms with Gasteiger partial charge in [-0.2, -0.15) is 4.31 Å². The van der Waals surface area contributed by atoms with Crippen molar-refractivity contribution in [3.8, 4) is 0 Å². The summed E-state index contributed by atoms with van der Waals surface area (Å²) in [7, 11) is -1.76. The van der Waals surface area contributed by atoms with E-state index in [2.05, 4.69) is 0 Å². The smallest absolute Gasteiger partial charge is 0.243 e. The van der Waals surface area contributed by atoms with Crippen LogP contribution in [0.2, 0.25) is 0 Å². The minimum atomic E-state index is -3.43. The molecule has 0 spiro atoms. The maximum atomic E-state index is 12.7. The first kappa shape index (κ1) is 15.5. The summed E-state index contributed by atoms with van der Waals surface area (Å²) in [6, 6.07) is 6.96. The van der Waals surface area contributed by atoms with Crippen molar-refractivity contribution in [2.75, 3.05) is 7.05 Å². The van der Waals surface area contributed by atoms with Gasteiger partial charge in [-0.1, -0.05) is 19.1 Å². The van der Waals surface area contributed by atoms with Gasteiger partial charge in [-0.3, -0.25) is 0 Å². The van der Waals surface area contributed by atoms with Crippen LogP contribution < -0.4 is 5.73 Å². The van der Waals surface area contributed by atoms with E-state index < -0.39 is 10.0 Å². The molecule has 0 heterocycles.